The normalized spacial score (nSPS) is 26.1. The van der Waals surface area contributed by atoms with Gasteiger partial charge in [-0.25, -0.2) is 0 Å². The topological polar surface area (TPSA) is 58.4 Å². The monoisotopic (exact) mass is 293 g/mol. The van der Waals surface area contributed by atoms with Crippen molar-refractivity contribution in [2.45, 2.75) is 59.1 Å². The summed E-state index contributed by atoms with van der Waals surface area (Å²) in [6.07, 6.45) is 2.02. The Morgan fingerprint density at radius 2 is 2.24 bits per heavy atom. The van der Waals surface area contributed by atoms with E-state index < -0.39 is 5.60 Å². The smallest absolute Gasteiger partial charge is 0.222 e. The number of carbonyl (C=O) groups excluding carboxylic acids is 1. The lowest BCUT2D eigenvalue weighted by Crippen LogP contribution is -2.50. The standard InChI is InChI=1S/C16H27N3O2/c1-12-11-18(9-7-16(12,4)21)15(20)6-5-8-19-14(3)10-13(2)17-19/h10,12,21H,5-9,11H2,1-4H3/t12-,16+/m1/s1. The molecule has 1 N–H and O–H groups in total. The van der Waals surface area contributed by atoms with E-state index in [0.29, 0.717) is 25.9 Å². The van der Waals surface area contributed by atoms with E-state index in [2.05, 4.69) is 11.2 Å². The Labute approximate surface area is 126 Å². The molecule has 1 aromatic heterocycles. The van der Waals surface area contributed by atoms with Gasteiger partial charge in [-0.1, -0.05) is 6.92 Å². The van der Waals surface area contributed by atoms with Crippen LogP contribution in [-0.2, 0) is 11.3 Å². The molecular formula is C16H27N3O2. The first-order valence-corrected chi connectivity index (χ1v) is 7.81. The van der Waals surface area contributed by atoms with Crippen LogP contribution in [-0.4, -0.2) is 44.4 Å². The van der Waals surface area contributed by atoms with E-state index in [0.717, 1.165) is 24.4 Å². The molecule has 5 nitrogen and oxygen atoms in total. The number of aromatic nitrogens is 2. The maximum atomic E-state index is 12.2. The predicted molar refractivity (Wildman–Crippen MR) is 81.9 cm³/mol. The van der Waals surface area contributed by atoms with Crippen molar-refractivity contribution in [2.75, 3.05) is 13.1 Å². The van der Waals surface area contributed by atoms with Gasteiger partial charge in [-0.15, -0.1) is 0 Å². The number of aryl methyl sites for hydroxylation is 3. The van der Waals surface area contributed by atoms with Gasteiger partial charge in [-0.3, -0.25) is 9.48 Å². The highest BCUT2D eigenvalue weighted by molar-refractivity contribution is 5.76. The average Bonchev–Trinajstić information content (AvgIpc) is 2.71. The molecule has 0 bridgehead atoms. The number of carbonyl (C=O) groups is 1. The molecule has 0 spiro atoms. The van der Waals surface area contributed by atoms with Crippen molar-refractivity contribution in [3.8, 4) is 0 Å². The second-order valence-corrected chi connectivity index (χ2v) is 6.60. The minimum atomic E-state index is -0.638. The van der Waals surface area contributed by atoms with Crippen LogP contribution in [0.4, 0.5) is 0 Å². The minimum absolute atomic E-state index is 0.131. The lowest BCUT2D eigenvalue weighted by Gasteiger charge is -2.41. The molecule has 0 aliphatic carbocycles. The van der Waals surface area contributed by atoms with Gasteiger partial charge in [0.1, 0.15) is 0 Å². The number of rotatable bonds is 4. The van der Waals surface area contributed by atoms with Crippen LogP contribution in [0.15, 0.2) is 6.07 Å². The predicted octanol–water partition coefficient (Wildman–Crippen LogP) is 1.90. The summed E-state index contributed by atoms with van der Waals surface area (Å²) in [7, 11) is 0. The lowest BCUT2D eigenvalue weighted by molar-refractivity contribution is -0.138. The Balaban J connectivity index is 1.79. The van der Waals surface area contributed by atoms with E-state index in [1.54, 1.807) is 0 Å². The summed E-state index contributed by atoms with van der Waals surface area (Å²) in [5, 5.41) is 14.6. The highest BCUT2D eigenvalue weighted by Crippen LogP contribution is 2.27. The highest BCUT2D eigenvalue weighted by Gasteiger charge is 2.35. The molecule has 0 aromatic carbocycles. The first kappa shape index (κ1) is 16.0. The third-order valence-corrected chi connectivity index (χ3v) is 4.66. The summed E-state index contributed by atoms with van der Waals surface area (Å²) in [5.41, 5.74) is 1.52. The highest BCUT2D eigenvalue weighted by atomic mass is 16.3. The summed E-state index contributed by atoms with van der Waals surface area (Å²) < 4.78 is 1.96. The molecule has 0 unspecified atom stereocenters. The molecule has 118 valence electrons. The fraction of sp³-hybridized carbons (Fsp3) is 0.750. The molecule has 1 amide bonds. The van der Waals surface area contributed by atoms with Crippen molar-refractivity contribution in [3.05, 3.63) is 17.5 Å². The molecule has 1 aliphatic heterocycles. The van der Waals surface area contributed by atoms with Crippen molar-refractivity contribution in [3.63, 3.8) is 0 Å². The summed E-state index contributed by atoms with van der Waals surface area (Å²) in [4.78, 5) is 14.1. The molecule has 0 saturated carbocycles. The first-order chi connectivity index (χ1) is 9.79. The molecule has 2 atom stereocenters. The van der Waals surface area contributed by atoms with Crippen molar-refractivity contribution >= 4 is 5.91 Å². The SMILES string of the molecule is Cc1cc(C)n(CCCC(=O)N2CC[C@](C)(O)[C@H](C)C2)n1. The number of amides is 1. The number of piperidine rings is 1. The Morgan fingerprint density at radius 1 is 1.52 bits per heavy atom. The second kappa shape index (κ2) is 6.18. The maximum Gasteiger partial charge on any atom is 0.222 e. The molecule has 2 heterocycles. The molecule has 0 radical (unpaired) electrons. The zero-order chi connectivity index (χ0) is 15.6. The summed E-state index contributed by atoms with van der Waals surface area (Å²) in [5.74, 6) is 0.324. The van der Waals surface area contributed by atoms with Crippen LogP contribution in [0.2, 0.25) is 0 Å². The molecule has 21 heavy (non-hydrogen) atoms. The second-order valence-electron chi connectivity index (χ2n) is 6.60. The molecule has 1 fully saturated rings. The van der Waals surface area contributed by atoms with Crippen LogP contribution in [0.25, 0.3) is 0 Å². The zero-order valence-electron chi connectivity index (χ0n) is 13.6. The maximum absolute atomic E-state index is 12.2. The van der Waals surface area contributed by atoms with Gasteiger partial charge in [-0.2, -0.15) is 5.10 Å². The molecule has 5 heteroatoms. The summed E-state index contributed by atoms with van der Waals surface area (Å²) in [6, 6.07) is 2.05. The van der Waals surface area contributed by atoms with Crippen LogP contribution in [0.3, 0.4) is 0 Å². The quantitative estimate of drug-likeness (QED) is 0.922. The number of hydrogen-bond acceptors (Lipinski definition) is 3. The van der Waals surface area contributed by atoms with Gasteiger partial charge in [0.2, 0.25) is 5.91 Å². The van der Waals surface area contributed by atoms with E-state index >= 15 is 0 Å². The van der Waals surface area contributed by atoms with Crippen molar-refractivity contribution < 1.29 is 9.90 Å². The fourth-order valence-electron chi connectivity index (χ4n) is 2.89. The van der Waals surface area contributed by atoms with E-state index in [-0.39, 0.29) is 11.8 Å². The Bertz CT molecular complexity index is 508. The van der Waals surface area contributed by atoms with Crippen molar-refractivity contribution in [1.29, 1.82) is 0 Å². The molecule has 1 aliphatic rings. The molecule has 1 saturated heterocycles. The van der Waals surface area contributed by atoms with Gasteiger partial charge >= 0.3 is 0 Å². The Kier molecular flexibility index (Phi) is 4.71. The van der Waals surface area contributed by atoms with Crippen LogP contribution in [0.5, 0.6) is 0 Å². The van der Waals surface area contributed by atoms with Crippen molar-refractivity contribution in [1.82, 2.24) is 14.7 Å². The van der Waals surface area contributed by atoms with Gasteiger partial charge in [0.25, 0.3) is 0 Å². The zero-order valence-corrected chi connectivity index (χ0v) is 13.6. The van der Waals surface area contributed by atoms with E-state index in [9.17, 15) is 9.90 Å². The van der Waals surface area contributed by atoms with Gasteiger partial charge in [0.05, 0.1) is 11.3 Å². The third kappa shape index (κ3) is 3.84. The first-order valence-electron chi connectivity index (χ1n) is 7.81. The number of hydrogen-bond donors (Lipinski definition) is 1. The third-order valence-electron chi connectivity index (χ3n) is 4.66. The van der Waals surface area contributed by atoms with Gasteiger partial charge in [0.15, 0.2) is 0 Å². The molecule has 1 aromatic rings. The number of nitrogens with zero attached hydrogens (tertiary/aromatic N) is 3. The Hall–Kier alpha value is -1.36. The largest absolute Gasteiger partial charge is 0.390 e. The van der Waals surface area contributed by atoms with Crippen molar-refractivity contribution in [2.24, 2.45) is 5.92 Å². The van der Waals surface area contributed by atoms with Crippen LogP contribution in [0.1, 0.15) is 44.5 Å². The number of likely N-dealkylation sites (tertiary alicyclic amines) is 1. The fourth-order valence-corrected chi connectivity index (χ4v) is 2.89. The summed E-state index contributed by atoms with van der Waals surface area (Å²) in [6.45, 7) is 10.00. The van der Waals surface area contributed by atoms with E-state index in [1.807, 2.05) is 37.3 Å². The average molecular weight is 293 g/mol. The van der Waals surface area contributed by atoms with Crippen LogP contribution >= 0.6 is 0 Å². The van der Waals surface area contributed by atoms with Gasteiger partial charge < -0.3 is 10.0 Å². The summed E-state index contributed by atoms with van der Waals surface area (Å²) >= 11 is 0. The minimum Gasteiger partial charge on any atom is -0.390 e. The number of aliphatic hydroxyl groups is 1. The van der Waals surface area contributed by atoms with Gasteiger partial charge in [-0.05, 0) is 39.7 Å². The Morgan fingerprint density at radius 3 is 2.81 bits per heavy atom. The molecular weight excluding hydrogens is 266 g/mol. The van der Waals surface area contributed by atoms with Crippen LogP contribution < -0.4 is 0 Å². The van der Waals surface area contributed by atoms with Gasteiger partial charge in [0, 0.05) is 37.7 Å². The lowest BCUT2D eigenvalue weighted by atomic mass is 9.84. The van der Waals surface area contributed by atoms with E-state index in [1.165, 1.54) is 0 Å². The molecule has 2 rings (SSSR count). The van der Waals surface area contributed by atoms with Crippen LogP contribution in [0, 0.1) is 19.8 Å². The van der Waals surface area contributed by atoms with E-state index in [4.69, 9.17) is 0 Å².